The Balaban J connectivity index is 1.62. The van der Waals surface area contributed by atoms with Crippen LogP contribution in [0.3, 0.4) is 0 Å². The predicted molar refractivity (Wildman–Crippen MR) is 128 cm³/mol. The van der Waals surface area contributed by atoms with Crippen molar-refractivity contribution in [2.24, 2.45) is 0 Å². The van der Waals surface area contributed by atoms with E-state index >= 15 is 0 Å². The number of ether oxygens (including phenoxy) is 1. The third-order valence-corrected chi connectivity index (χ3v) is 5.98. The summed E-state index contributed by atoms with van der Waals surface area (Å²) in [7, 11) is 0. The Morgan fingerprint density at radius 2 is 1.91 bits per heavy atom. The van der Waals surface area contributed by atoms with Crippen molar-refractivity contribution in [1.29, 1.82) is 0 Å². The Kier molecular flexibility index (Phi) is 7.79. The van der Waals surface area contributed by atoms with Crippen molar-refractivity contribution >= 4 is 35.1 Å². The molecule has 1 N–H and O–H groups in total. The number of halogens is 1. The summed E-state index contributed by atoms with van der Waals surface area (Å²) in [6.45, 7) is 11.2. The molecule has 1 amide bonds. The molecule has 0 fully saturated rings. The number of nitrogens with one attached hydrogen (secondary N) is 1. The summed E-state index contributed by atoms with van der Waals surface area (Å²) in [5.74, 6) is 1.96. The monoisotopic (exact) mass is 473 g/mol. The average molecular weight is 474 g/mol. The van der Waals surface area contributed by atoms with Gasteiger partial charge in [-0.25, -0.2) is 4.98 Å². The summed E-state index contributed by atoms with van der Waals surface area (Å²) < 4.78 is 8.07. The number of nitrogens with zero attached hydrogens (tertiary/aromatic N) is 4. The summed E-state index contributed by atoms with van der Waals surface area (Å²) >= 11 is 7.14. The van der Waals surface area contributed by atoms with Crippen molar-refractivity contribution in [3.63, 3.8) is 0 Å². The van der Waals surface area contributed by atoms with E-state index in [1.165, 1.54) is 23.5 Å². The highest BCUT2D eigenvalue weighted by molar-refractivity contribution is 7.99. The first-order chi connectivity index (χ1) is 15.2. The SMILES string of the molecule is CCn1c(SCC(=O)Nc2ccc(Cl)cn2)nnc1C(C)Oc1ccc(C(C)(C)C)cc1. The number of hydrogen-bond acceptors (Lipinski definition) is 6. The molecule has 1 aromatic carbocycles. The number of pyridine rings is 1. The van der Waals surface area contributed by atoms with Gasteiger partial charge < -0.3 is 14.6 Å². The van der Waals surface area contributed by atoms with Crippen LogP contribution in [0.25, 0.3) is 0 Å². The topological polar surface area (TPSA) is 81.9 Å². The maximum absolute atomic E-state index is 12.3. The van der Waals surface area contributed by atoms with E-state index in [0.717, 1.165) is 11.6 Å². The fourth-order valence-electron chi connectivity index (χ4n) is 3.05. The number of rotatable bonds is 8. The lowest BCUT2D eigenvalue weighted by atomic mass is 9.87. The van der Waals surface area contributed by atoms with E-state index in [2.05, 4.69) is 53.4 Å². The van der Waals surface area contributed by atoms with E-state index < -0.39 is 0 Å². The van der Waals surface area contributed by atoms with Crippen LogP contribution in [0.5, 0.6) is 5.75 Å². The third kappa shape index (κ3) is 6.23. The van der Waals surface area contributed by atoms with E-state index in [1.54, 1.807) is 12.1 Å². The van der Waals surface area contributed by atoms with E-state index in [9.17, 15) is 4.79 Å². The maximum Gasteiger partial charge on any atom is 0.236 e. The highest BCUT2D eigenvalue weighted by Gasteiger charge is 2.20. The Morgan fingerprint density at radius 1 is 1.19 bits per heavy atom. The number of hydrogen-bond donors (Lipinski definition) is 1. The van der Waals surface area contributed by atoms with Crippen molar-refractivity contribution in [2.45, 2.75) is 57.8 Å². The van der Waals surface area contributed by atoms with Crippen molar-refractivity contribution in [3.8, 4) is 5.75 Å². The molecule has 0 radical (unpaired) electrons. The molecule has 1 atom stereocenters. The van der Waals surface area contributed by atoms with Gasteiger partial charge >= 0.3 is 0 Å². The second-order valence-corrected chi connectivity index (χ2v) is 9.70. The molecule has 3 aromatic rings. The summed E-state index contributed by atoms with van der Waals surface area (Å²) in [5.41, 5.74) is 1.34. The lowest BCUT2D eigenvalue weighted by molar-refractivity contribution is -0.113. The van der Waals surface area contributed by atoms with Gasteiger partial charge in [-0.15, -0.1) is 10.2 Å². The Bertz CT molecular complexity index is 1050. The molecule has 0 bridgehead atoms. The van der Waals surface area contributed by atoms with Crippen LogP contribution in [0.15, 0.2) is 47.8 Å². The van der Waals surface area contributed by atoms with E-state index in [1.807, 2.05) is 30.5 Å². The van der Waals surface area contributed by atoms with Gasteiger partial charge in [0.15, 0.2) is 17.1 Å². The molecule has 3 rings (SSSR count). The average Bonchev–Trinajstić information content (AvgIpc) is 3.17. The first-order valence-corrected chi connectivity index (χ1v) is 11.8. The van der Waals surface area contributed by atoms with Crippen molar-refractivity contribution in [1.82, 2.24) is 19.7 Å². The number of carbonyl (C=O) groups is 1. The molecule has 0 saturated heterocycles. The summed E-state index contributed by atoms with van der Waals surface area (Å²) in [6, 6.07) is 11.5. The maximum atomic E-state index is 12.3. The van der Waals surface area contributed by atoms with Gasteiger partial charge in [-0.2, -0.15) is 0 Å². The molecule has 0 aliphatic rings. The zero-order chi connectivity index (χ0) is 23.3. The molecular weight excluding hydrogens is 446 g/mol. The highest BCUT2D eigenvalue weighted by atomic mass is 35.5. The molecule has 1 unspecified atom stereocenters. The molecular formula is C23H28ClN5O2S. The molecule has 9 heteroatoms. The molecule has 2 aromatic heterocycles. The molecule has 0 aliphatic carbocycles. The van der Waals surface area contributed by atoms with Crippen molar-refractivity contribution in [3.05, 3.63) is 59.0 Å². The van der Waals surface area contributed by atoms with Gasteiger partial charge in [0.25, 0.3) is 0 Å². The Morgan fingerprint density at radius 3 is 2.50 bits per heavy atom. The van der Waals surface area contributed by atoms with Gasteiger partial charge in [0.05, 0.1) is 10.8 Å². The quantitative estimate of drug-likeness (QED) is 0.434. The zero-order valence-electron chi connectivity index (χ0n) is 18.9. The van der Waals surface area contributed by atoms with Crippen LogP contribution < -0.4 is 10.1 Å². The summed E-state index contributed by atoms with van der Waals surface area (Å²) in [4.78, 5) is 16.3. The zero-order valence-corrected chi connectivity index (χ0v) is 20.5. The lowest BCUT2D eigenvalue weighted by Crippen LogP contribution is -2.16. The number of aromatic nitrogens is 4. The van der Waals surface area contributed by atoms with Gasteiger partial charge in [-0.05, 0) is 49.1 Å². The van der Waals surface area contributed by atoms with Crippen LogP contribution in [0, 0.1) is 0 Å². The summed E-state index contributed by atoms with van der Waals surface area (Å²) in [5, 5.41) is 12.5. The Hall–Kier alpha value is -2.58. The fraction of sp³-hybridized carbons (Fsp3) is 0.391. The van der Waals surface area contributed by atoms with Gasteiger partial charge in [0.1, 0.15) is 11.6 Å². The van der Waals surface area contributed by atoms with Crippen LogP contribution in [0.1, 0.15) is 52.1 Å². The van der Waals surface area contributed by atoms with E-state index in [-0.39, 0.29) is 23.2 Å². The largest absolute Gasteiger partial charge is 0.483 e. The minimum atomic E-state index is -0.288. The van der Waals surface area contributed by atoms with Gasteiger partial charge in [0, 0.05) is 12.7 Å². The molecule has 7 nitrogen and oxygen atoms in total. The number of amides is 1. The second kappa shape index (κ2) is 10.4. The van der Waals surface area contributed by atoms with E-state index in [0.29, 0.717) is 22.5 Å². The number of carbonyl (C=O) groups excluding carboxylic acids is 1. The molecule has 0 saturated carbocycles. The smallest absolute Gasteiger partial charge is 0.236 e. The minimum absolute atomic E-state index is 0.0918. The third-order valence-electron chi connectivity index (χ3n) is 4.79. The first-order valence-electron chi connectivity index (χ1n) is 10.4. The normalized spacial score (nSPS) is 12.4. The van der Waals surface area contributed by atoms with Crippen LogP contribution in [-0.2, 0) is 16.8 Å². The number of anilines is 1. The molecule has 0 aliphatic heterocycles. The van der Waals surface area contributed by atoms with Crippen LogP contribution in [-0.4, -0.2) is 31.4 Å². The van der Waals surface area contributed by atoms with Crippen LogP contribution >= 0.6 is 23.4 Å². The summed E-state index contributed by atoms with van der Waals surface area (Å²) in [6.07, 6.45) is 1.20. The fourth-order valence-corrected chi connectivity index (χ4v) is 3.98. The Labute approximate surface area is 197 Å². The first kappa shape index (κ1) is 24.1. The molecule has 170 valence electrons. The standard InChI is InChI=1S/C23H28ClN5O2S/c1-6-29-21(15(2)31-18-10-7-16(8-11-18)23(3,4)5)27-28-22(29)32-14-20(30)26-19-12-9-17(24)13-25-19/h7-13,15H,6,14H2,1-5H3,(H,25,26,30). The predicted octanol–water partition coefficient (Wildman–Crippen LogP) is 5.51. The van der Waals surface area contributed by atoms with Gasteiger partial charge in [-0.3, -0.25) is 4.79 Å². The van der Waals surface area contributed by atoms with Crippen LogP contribution in [0.4, 0.5) is 5.82 Å². The van der Waals surface area contributed by atoms with Gasteiger partial charge in [-0.1, -0.05) is 56.3 Å². The number of benzene rings is 1. The second-order valence-electron chi connectivity index (χ2n) is 8.32. The van der Waals surface area contributed by atoms with Crippen molar-refractivity contribution in [2.75, 3.05) is 11.1 Å². The molecule has 32 heavy (non-hydrogen) atoms. The van der Waals surface area contributed by atoms with Crippen LogP contribution in [0.2, 0.25) is 5.02 Å². The lowest BCUT2D eigenvalue weighted by Gasteiger charge is -2.20. The molecule has 2 heterocycles. The van der Waals surface area contributed by atoms with E-state index in [4.69, 9.17) is 16.3 Å². The minimum Gasteiger partial charge on any atom is -0.483 e. The highest BCUT2D eigenvalue weighted by Crippen LogP contribution is 2.28. The molecule has 0 spiro atoms. The van der Waals surface area contributed by atoms with Crippen molar-refractivity contribution < 1.29 is 9.53 Å². The number of thioether (sulfide) groups is 1. The van der Waals surface area contributed by atoms with Gasteiger partial charge in [0.2, 0.25) is 5.91 Å².